The van der Waals surface area contributed by atoms with E-state index in [0.29, 0.717) is 5.56 Å². The Morgan fingerprint density at radius 2 is 2.07 bits per heavy atom. The molecule has 0 unspecified atom stereocenters. The number of benzene rings is 1. The number of hydrogen-bond acceptors (Lipinski definition) is 2. The van der Waals surface area contributed by atoms with Gasteiger partial charge in [-0.05, 0) is 12.1 Å². The smallest absolute Gasteiger partial charge is 0.405 e. The normalized spacial score (nSPS) is 10.9. The first kappa shape index (κ1) is 11.9. The van der Waals surface area contributed by atoms with E-state index in [4.69, 9.17) is 5.26 Å². The SMILES string of the molecule is N#Cc1ccc(CBr)c(OC(F)(F)F)c1. The van der Waals surface area contributed by atoms with Crippen molar-refractivity contribution in [2.75, 3.05) is 0 Å². The highest BCUT2D eigenvalue weighted by Gasteiger charge is 2.32. The van der Waals surface area contributed by atoms with Crippen molar-refractivity contribution in [3.05, 3.63) is 29.3 Å². The monoisotopic (exact) mass is 279 g/mol. The minimum Gasteiger partial charge on any atom is -0.405 e. The topological polar surface area (TPSA) is 33.0 Å². The molecule has 1 aromatic rings. The lowest BCUT2D eigenvalue weighted by molar-refractivity contribution is -0.274. The predicted molar refractivity (Wildman–Crippen MR) is 50.5 cm³/mol. The van der Waals surface area contributed by atoms with Gasteiger partial charge in [0, 0.05) is 10.9 Å². The van der Waals surface area contributed by atoms with E-state index >= 15 is 0 Å². The van der Waals surface area contributed by atoms with E-state index in [2.05, 4.69) is 20.7 Å². The summed E-state index contributed by atoms with van der Waals surface area (Å²) in [5, 5.41) is 8.75. The van der Waals surface area contributed by atoms with E-state index in [1.807, 2.05) is 0 Å². The third kappa shape index (κ3) is 3.44. The Kier molecular flexibility index (Phi) is 3.58. The molecular weight excluding hydrogens is 275 g/mol. The summed E-state index contributed by atoms with van der Waals surface area (Å²) < 4.78 is 39.7. The van der Waals surface area contributed by atoms with Crippen LogP contribution in [0.2, 0.25) is 0 Å². The molecule has 0 heterocycles. The molecule has 0 saturated carbocycles. The summed E-state index contributed by atoms with van der Waals surface area (Å²) in [6, 6.07) is 5.64. The van der Waals surface area contributed by atoms with Crippen molar-refractivity contribution in [1.29, 1.82) is 5.26 Å². The molecule has 0 aliphatic heterocycles. The van der Waals surface area contributed by atoms with Gasteiger partial charge in [-0.15, -0.1) is 13.2 Å². The molecule has 0 atom stereocenters. The minimum absolute atomic E-state index is 0.124. The summed E-state index contributed by atoms with van der Waals surface area (Å²) in [4.78, 5) is 0. The van der Waals surface area contributed by atoms with Gasteiger partial charge in [0.15, 0.2) is 0 Å². The first-order chi connectivity index (χ1) is 6.96. The quantitative estimate of drug-likeness (QED) is 0.778. The molecule has 15 heavy (non-hydrogen) atoms. The van der Waals surface area contributed by atoms with Gasteiger partial charge in [0.05, 0.1) is 11.6 Å². The first-order valence-electron chi connectivity index (χ1n) is 3.81. The van der Waals surface area contributed by atoms with Gasteiger partial charge < -0.3 is 4.74 Å². The van der Waals surface area contributed by atoms with Crippen molar-refractivity contribution < 1.29 is 17.9 Å². The average molecular weight is 280 g/mol. The summed E-state index contributed by atoms with van der Waals surface area (Å²) in [7, 11) is 0. The number of nitrogens with zero attached hydrogens (tertiary/aromatic N) is 1. The lowest BCUT2D eigenvalue weighted by atomic mass is 10.1. The number of alkyl halides is 4. The number of ether oxygens (including phenoxy) is 1. The van der Waals surface area contributed by atoms with Crippen LogP contribution in [0.4, 0.5) is 13.2 Å². The third-order valence-corrected chi connectivity index (χ3v) is 2.17. The Hall–Kier alpha value is -1.22. The maximum atomic E-state index is 12.0. The molecule has 1 rings (SSSR count). The van der Waals surface area contributed by atoms with Crippen LogP contribution in [0.3, 0.4) is 0 Å². The molecular formula is C9H5BrF3NO. The number of rotatable bonds is 2. The highest BCUT2D eigenvalue weighted by atomic mass is 79.9. The van der Waals surface area contributed by atoms with Crippen molar-refractivity contribution in [3.63, 3.8) is 0 Å². The second-order valence-corrected chi connectivity index (χ2v) is 3.18. The second-order valence-electron chi connectivity index (χ2n) is 2.62. The molecule has 0 N–H and O–H groups in total. The van der Waals surface area contributed by atoms with Crippen molar-refractivity contribution in [2.24, 2.45) is 0 Å². The van der Waals surface area contributed by atoms with E-state index in [9.17, 15) is 13.2 Å². The molecule has 0 aliphatic carbocycles. The molecule has 80 valence electrons. The summed E-state index contributed by atoms with van der Waals surface area (Å²) in [5.74, 6) is -0.349. The summed E-state index contributed by atoms with van der Waals surface area (Å²) in [6.45, 7) is 0. The molecule has 0 radical (unpaired) electrons. The molecule has 0 aliphatic rings. The lowest BCUT2D eigenvalue weighted by Gasteiger charge is -2.11. The van der Waals surface area contributed by atoms with Gasteiger partial charge in [-0.1, -0.05) is 22.0 Å². The zero-order valence-corrected chi connectivity index (χ0v) is 8.89. The van der Waals surface area contributed by atoms with Gasteiger partial charge >= 0.3 is 6.36 Å². The fourth-order valence-electron chi connectivity index (χ4n) is 0.954. The molecule has 0 aromatic heterocycles. The Labute approximate surface area is 92.4 Å². The van der Waals surface area contributed by atoms with Gasteiger partial charge in [-0.3, -0.25) is 0 Å². The largest absolute Gasteiger partial charge is 0.573 e. The Morgan fingerprint density at radius 1 is 1.40 bits per heavy atom. The van der Waals surface area contributed by atoms with Gasteiger partial charge in [0.2, 0.25) is 0 Å². The molecule has 0 bridgehead atoms. The van der Waals surface area contributed by atoms with Crippen LogP contribution in [0.1, 0.15) is 11.1 Å². The van der Waals surface area contributed by atoms with E-state index in [1.54, 1.807) is 6.07 Å². The van der Waals surface area contributed by atoms with Crippen LogP contribution < -0.4 is 4.74 Å². The fourth-order valence-corrected chi connectivity index (χ4v) is 1.42. The van der Waals surface area contributed by atoms with Crippen molar-refractivity contribution in [2.45, 2.75) is 11.7 Å². The Bertz CT molecular complexity index is 397. The number of halogens is 4. The minimum atomic E-state index is -4.75. The van der Waals surface area contributed by atoms with E-state index in [-0.39, 0.29) is 16.6 Å². The van der Waals surface area contributed by atoms with Crippen molar-refractivity contribution >= 4 is 15.9 Å². The average Bonchev–Trinajstić information content (AvgIpc) is 2.15. The molecule has 1 aromatic carbocycles. The predicted octanol–water partition coefficient (Wildman–Crippen LogP) is 3.35. The van der Waals surface area contributed by atoms with Crippen LogP contribution >= 0.6 is 15.9 Å². The standard InChI is InChI=1S/C9H5BrF3NO/c10-4-7-2-1-6(5-14)3-8(7)15-9(11,12)13/h1-3H,4H2. The maximum Gasteiger partial charge on any atom is 0.573 e. The van der Waals surface area contributed by atoms with Crippen molar-refractivity contribution in [3.8, 4) is 11.8 Å². The number of nitriles is 1. The molecule has 0 spiro atoms. The third-order valence-electron chi connectivity index (χ3n) is 1.57. The first-order valence-corrected chi connectivity index (χ1v) is 4.93. The highest BCUT2D eigenvalue weighted by Crippen LogP contribution is 2.28. The van der Waals surface area contributed by atoms with Crippen LogP contribution in [0, 0.1) is 11.3 Å². The van der Waals surface area contributed by atoms with Gasteiger partial charge in [-0.2, -0.15) is 5.26 Å². The molecule has 0 saturated heterocycles. The molecule has 0 fully saturated rings. The second kappa shape index (κ2) is 4.53. The zero-order chi connectivity index (χ0) is 11.5. The summed E-state index contributed by atoms with van der Waals surface area (Å²) in [5.41, 5.74) is 0.463. The molecule has 0 amide bonds. The van der Waals surface area contributed by atoms with Crippen molar-refractivity contribution in [1.82, 2.24) is 0 Å². The van der Waals surface area contributed by atoms with E-state index in [0.717, 1.165) is 6.07 Å². The van der Waals surface area contributed by atoms with Gasteiger partial charge in [-0.25, -0.2) is 0 Å². The number of hydrogen-bond donors (Lipinski definition) is 0. The van der Waals surface area contributed by atoms with Crippen LogP contribution in [-0.4, -0.2) is 6.36 Å². The lowest BCUT2D eigenvalue weighted by Crippen LogP contribution is -2.18. The fraction of sp³-hybridized carbons (Fsp3) is 0.222. The van der Waals surface area contributed by atoms with Gasteiger partial charge in [0.1, 0.15) is 5.75 Å². The Balaban J connectivity index is 3.08. The summed E-state index contributed by atoms with van der Waals surface area (Å²) in [6.07, 6.45) is -4.75. The Morgan fingerprint density at radius 3 is 2.53 bits per heavy atom. The molecule has 2 nitrogen and oxygen atoms in total. The van der Waals surface area contributed by atoms with Crippen LogP contribution in [0.15, 0.2) is 18.2 Å². The maximum absolute atomic E-state index is 12.0. The van der Waals surface area contributed by atoms with E-state index < -0.39 is 6.36 Å². The van der Waals surface area contributed by atoms with E-state index in [1.165, 1.54) is 12.1 Å². The zero-order valence-electron chi connectivity index (χ0n) is 7.31. The highest BCUT2D eigenvalue weighted by molar-refractivity contribution is 9.08. The van der Waals surface area contributed by atoms with Crippen LogP contribution in [0.25, 0.3) is 0 Å². The summed E-state index contributed by atoms with van der Waals surface area (Å²) >= 11 is 3.03. The molecule has 6 heteroatoms. The van der Waals surface area contributed by atoms with Crippen LogP contribution in [0.5, 0.6) is 5.75 Å². The van der Waals surface area contributed by atoms with Gasteiger partial charge in [0.25, 0.3) is 0 Å². The van der Waals surface area contributed by atoms with Crippen LogP contribution in [-0.2, 0) is 5.33 Å².